The zero-order valence-electron chi connectivity index (χ0n) is 9.20. The molecular formula is C12H14ClN3. The van der Waals surface area contributed by atoms with E-state index in [-0.39, 0.29) is 0 Å². The summed E-state index contributed by atoms with van der Waals surface area (Å²) in [7, 11) is 0. The predicted molar refractivity (Wildman–Crippen MR) is 65.2 cm³/mol. The zero-order chi connectivity index (χ0) is 11.1. The second kappa shape index (κ2) is 3.75. The Morgan fingerprint density at radius 2 is 2.38 bits per heavy atom. The van der Waals surface area contributed by atoms with Gasteiger partial charge in [0.15, 0.2) is 0 Å². The van der Waals surface area contributed by atoms with Gasteiger partial charge in [0.05, 0.1) is 10.7 Å². The van der Waals surface area contributed by atoms with Crippen LogP contribution in [0.2, 0.25) is 5.02 Å². The molecule has 0 saturated carbocycles. The molecule has 0 spiro atoms. The molecule has 0 bridgehead atoms. The van der Waals surface area contributed by atoms with Gasteiger partial charge in [0.2, 0.25) is 0 Å². The number of hydrogen-bond acceptors (Lipinski definition) is 2. The molecule has 3 heterocycles. The quantitative estimate of drug-likeness (QED) is 0.823. The Bertz CT molecular complexity index is 526. The number of hydrogen-bond donors (Lipinski definition) is 1. The fraction of sp³-hybridized carbons (Fsp3) is 0.417. The Balaban J connectivity index is 2.15. The van der Waals surface area contributed by atoms with Gasteiger partial charge in [-0.05, 0) is 32.0 Å². The molecule has 1 atom stereocenters. The SMILES string of the molecule is Cc1c(C2CCNC2)nc2ccc(Cl)cn12. The standard InChI is InChI=1S/C12H14ClN3/c1-8-12(9-4-5-14-6-9)15-11-3-2-10(13)7-16(8)11/h2-3,7,9,14H,4-6H2,1H3. The third-order valence-electron chi connectivity index (χ3n) is 3.30. The summed E-state index contributed by atoms with van der Waals surface area (Å²) in [5.74, 6) is 0.554. The molecule has 1 fully saturated rings. The number of aromatic nitrogens is 2. The van der Waals surface area contributed by atoms with Crippen LogP contribution in [0.5, 0.6) is 0 Å². The largest absolute Gasteiger partial charge is 0.316 e. The van der Waals surface area contributed by atoms with E-state index < -0.39 is 0 Å². The third-order valence-corrected chi connectivity index (χ3v) is 3.53. The Kier molecular flexibility index (Phi) is 2.37. The van der Waals surface area contributed by atoms with Crippen LogP contribution in [0.25, 0.3) is 5.65 Å². The predicted octanol–water partition coefficient (Wildman–Crippen LogP) is 2.37. The lowest BCUT2D eigenvalue weighted by Gasteiger charge is -2.05. The summed E-state index contributed by atoms with van der Waals surface area (Å²) in [5.41, 5.74) is 3.42. The molecule has 0 radical (unpaired) electrons. The highest BCUT2D eigenvalue weighted by Gasteiger charge is 2.22. The lowest BCUT2D eigenvalue weighted by atomic mass is 10.0. The maximum absolute atomic E-state index is 6.00. The molecule has 0 aromatic carbocycles. The maximum Gasteiger partial charge on any atom is 0.137 e. The first-order chi connectivity index (χ1) is 7.75. The van der Waals surface area contributed by atoms with Crippen LogP contribution in [0, 0.1) is 6.92 Å². The summed E-state index contributed by atoms with van der Waals surface area (Å²) in [6.45, 7) is 4.25. The van der Waals surface area contributed by atoms with Crippen LogP contribution in [0.4, 0.5) is 0 Å². The van der Waals surface area contributed by atoms with E-state index in [0.717, 1.165) is 23.8 Å². The van der Waals surface area contributed by atoms with Gasteiger partial charge in [-0.25, -0.2) is 4.98 Å². The molecule has 2 aromatic rings. The molecular weight excluding hydrogens is 222 g/mol. The normalized spacial score (nSPS) is 20.8. The van der Waals surface area contributed by atoms with E-state index in [4.69, 9.17) is 16.6 Å². The van der Waals surface area contributed by atoms with Crippen LogP contribution in [0.15, 0.2) is 18.3 Å². The molecule has 1 saturated heterocycles. The summed E-state index contributed by atoms with van der Waals surface area (Å²) >= 11 is 6.00. The van der Waals surface area contributed by atoms with Crippen molar-refractivity contribution in [3.8, 4) is 0 Å². The van der Waals surface area contributed by atoms with Crippen molar-refractivity contribution in [2.24, 2.45) is 0 Å². The van der Waals surface area contributed by atoms with Gasteiger partial charge in [0.1, 0.15) is 5.65 Å². The monoisotopic (exact) mass is 235 g/mol. The molecule has 0 aliphatic carbocycles. The Labute approximate surface area is 99.4 Å². The van der Waals surface area contributed by atoms with Crippen molar-refractivity contribution < 1.29 is 0 Å². The lowest BCUT2D eigenvalue weighted by Crippen LogP contribution is -2.08. The van der Waals surface area contributed by atoms with Crippen molar-refractivity contribution in [1.82, 2.24) is 14.7 Å². The number of nitrogens with zero attached hydrogens (tertiary/aromatic N) is 2. The number of halogens is 1. The highest BCUT2D eigenvalue weighted by Crippen LogP contribution is 2.26. The van der Waals surface area contributed by atoms with E-state index in [1.54, 1.807) is 0 Å². The fourth-order valence-corrected chi connectivity index (χ4v) is 2.59. The number of aryl methyl sites for hydroxylation is 1. The number of fused-ring (bicyclic) bond motifs is 1. The molecule has 84 valence electrons. The Hall–Kier alpha value is -1.06. The van der Waals surface area contributed by atoms with Gasteiger partial charge in [-0.15, -0.1) is 0 Å². The molecule has 3 rings (SSSR count). The van der Waals surface area contributed by atoms with Crippen molar-refractivity contribution in [2.75, 3.05) is 13.1 Å². The molecule has 0 amide bonds. The van der Waals surface area contributed by atoms with Gasteiger partial charge in [-0.1, -0.05) is 11.6 Å². The molecule has 1 N–H and O–H groups in total. The van der Waals surface area contributed by atoms with Crippen LogP contribution < -0.4 is 5.32 Å². The molecule has 1 unspecified atom stereocenters. The molecule has 16 heavy (non-hydrogen) atoms. The topological polar surface area (TPSA) is 29.3 Å². The van der Waals surface area contributed by atoms with Gasteiger partial charge in [0, 0.05) is 24.4 Å². The van der Waals surface area contributed by atoms with Gasteiger partial charge >= 0.3 is 0 Å². The van der Waals surface area contributed by atoms with Crippen molar-refractivity contribution in [3.63, 3.8) is 0 Å². The number of nitrogens with one attached hydrogen (secondary N) is 1. The van der Waals surface area contributed by atoms with E-state index in [9.17, 15) is 0 Å². The van der Waals surface area contributed by atoms with Crippen molar-refractivity contribution in [2.45, 2.75) is 19.3 Å². The van der Waals surface area contributed by atoms with Crippen LogP contribution in [-0.4, -0.2) is 22.5 Å². The minimum absolute atomic E-state index is 0.554. The minimum atomic E-state index is 0.554. The smallest absolute Gasteiger partial charge is 0.137 e. The summed E-state index contributed by atoms with van der Waals surface area (Å²) in [4.78, 5) is 4.70. The number of rotatable bonds is 1. The van der Waals surface area contributed by atoms with Crippen molar-refractivity contribution >= 4 is 17.2 Å². The summed E-state index contributed by atoms with van der Waals surface area (Å²) in [6, 6.07) is 3.86. The van der Waals surface area contributed by atoms with E-state index in [1.807, 2.05) is 18.3 Å². The first kappa shape index (κ1) is 10.1. The molecule has 3 nitrogen and oxygen atoms in total. The molecule has 1 aliphatic rings. The second-order valence-electron chi connectivity index (χ2n) is 4.35. The lowest BCUT2D eigenvalue weighted by molar-refractivity contribution is 0.734. The fourth-order valence-electron chi connectivity index (χ4n) is 2.43. The first-order valence-electron chi connectivity index (χ1n) is 5.60. The average molecular weight is 236 g/mol. The second-order valence-corrected chi connectivity index (χ2v) is 4.78. The molecule has 2 aromatic heterocycles. The van der Waals surface area contributed by atoms with Gasteiger partial charge in [-0.2, -0.15) is 0 Å². The molecule has 4 heteroatoms. The van der Waals surface area contributed by atoms with Crippen LogP contribution >= 0.6 is 11.6 Å². The molecule has 1 aliphatic heterocycles. The van der Waals surface area contributed by atoms with Crippen LogP contribution in [0.3, 0.4) is 0 Å². The van der Waals surface area contributed by atoms with E-state index in [1.165, 1.54) is 17.8 Å². The van der Waals surface area contributed by atoms with Gasteiger partial charge < -0.3 is 9.72 Å². The van der Waals surface area contributed by atoms with E-state index >= 15 is 0 Å². The first-order valence-corrected chi connectivity index (χ1v) is 5.98. The van der Waals surface area contributed by atoms with E-state index in [0.29, 0.717) is 5.92 Å². The minimum Gasteiger partial charge on any atom is -0.316 e. The van der Waals surface area contributed by atoms with Gasteiger partial charge in [0.25, 0.3) is 0 Å². The van der Waals surface area contributed by atoms with Crippen LogP contribution in [0.1, 0.15) is 23.7 Å². The Morgan fingerprint density at radius 3 is 3.12 bits per heavy atom. The van der Waals surface area contributed by atoms with Gasteiger partial charge in [-0.3, -0.25) is 0 Å². The van der Waals surface area contributed by atoms with Crippen molar-refractivity contribution in [3.05, 3.63) is 34.7 Å². The Morgan fingerprint density at radius 1 is 1.50 bits per heavy atom. The summed E-state index contributed by atoms with van der Waals surface area (Å²) in [5, 5.41) is 4.13. The zero-order valence-corrected chi connectivity index (χ0v) is 9.96. The average Bonchev–Trinajstić information content (AvgIpc) is 2.87. The third kappa shape index (κ3) is 1.51. The van der Waals surface area contributed by atoms with Crippen LogP contribution in [-0.2, 0) is 0 Å². The van der Waals surface area contributed by atoms with E-state index in [2.05, 4.69) is 16.6 Å². The number of imidazole rings is 1. The summed E-state index contributed by atoms with van der Waals surface area (Å²) < 4.78 is 2.08. The number of pyridine rings is 1. The highest BCUT2D eigenvalue weighted by atomic mass is 35.5. The maximum atomic E-state index is 6.00. The van der Waals surface area contributed by atoms with Crippen molar-refractivity contribution in [1.29, 1.82) is 0 Å². The summed E-state index contributed by atoms with van der Waals surface area (Å²) in [6.07, 6.45) is 3.11. The highest BCUT2D eigenvalue weighted by molar-refractivity contribution is 6.30.